The third kappa shape index (κ3) is 5.40. The van der Waals surface area contributed by atoms with Gasteiger partial charge in [-0.25, -0.2) is 0 Å². The van der Waals surface area contributed by atoms with E-state index in [0.29, 0.717) is 0 Å². The molecular formula is C27H24N5Ru-3. The molecule has 6 aliphatic rings. The average Bonchev–Trinajstić information content (AvgIpc) is 2.90. The zero-order chi connectivity index (χ0) is 21.6. The fourth-order valence-electron chi connectivity index (χ4n) is 4.03. The van der Waals surface area contributed by atoms with Gasteiger partial charge in [0.15, 0.2) is 0 Å². The maximum atomic E-state index is 4.75. The normalized spacial score (nSPS) is 29.3. The third-order valence-electron chi connectivity index (χ3n) is 5.63. The van der Waals surface area contributed by atoms with Crippen molar-refractivity contribution >= 4 is 0 Å². The smallest absolute Gasteiger partial charge is 0.685 e. The fraction of sp³-hybridized carbons (Fsp3) is 0.185. The van der Waals surface area contributed by atoms with Crippen LogP contribution in [0.5, 0.6) is 0 Å². The molecule has 0 aromatic carbocycles. The molecule has 168 valence electrons. The Balaban J connectivity index is 0.000000157. The Bertz CT molecular complexity index is 1060. The Hall–Kier alpha value is -3.24. The number of hydrogen-bond donors (Lipinski definition) is 0. The van der Waals surface area contributed by atoms with E-state index in [-0.39, 0.29) is 43.6 Å². The summed E-state index contributed by atoms with van der Waals surface area (Å²) < 4.78 is 0. The van der Waals surface area contributed by atoms with Crippen molar-refractivity contribution in [2.45, 2.75) is 24.2 Å². The molecule has 0 aromatic heterocycles. The number of allylic oxidation sites excluding steroid dienone is 11. The van der Waals surface area contributed by atoms with Crippen molar-refractivity contribution in [1.82, 2.24) is 0 Å². The third-order valence-corrected chi connectivity index (χ3v) is 5.63. The standard InChI is InChI=1S/C15H14N3.C12H10N2.Ru/c1-3-10-16-12(6-1)14-8-5-9-15(18-14)13-7-2-4-11-17-13;1-3-9-5-6-10-4-2-8-14-12(10)11(9)13-7-1;/h1-14H;1-7,11H,8H2;/q-3;-2;+2. The Morgan fingerprint density at radius 3 is 2.33 bits per heavy atom. The minimum Gasteiger partial charge on any atom is -0.685 e. The van der Waals surface area contributed by atoms with E-state index in [1.54, 1.807) is 0 Å². The number of hydrogen-bond acceptors (Lipinski definition) is 0. The van der Waals surface area contributed by atoms with Gasteiger partial charge in [-0.15, -0.1) is 36.9 Å². The Labute approximate surface area is 208 Å². The SMILES string of the molecule is C1=C[N-]C(C2=CC=CC(C3C=CC=C[N-]3)[N-]2)C=C1.C1=C[N-]C2C(=C1)C=CC1=C2[N-]CC=C1.[Ru+2]. The molecule has 0 spiro atoms. The second-order valence-electron chi connectivity index (χ2n) is 7.76. The second kappa shape index (κ2) is 11.1. The van der Waals surface area contributed by atoms with Crippen molar-refractivity contribution in [2.75, 3.05) is 6.54 Å². The van der Waals surface area contributed by atoms with Gasteiger partial charge in [0, 0.05) is 0 Å². The molecule has 0 radical (unpaired) electrons. The van der Waals surface area contributed by atoms with Gasteiger partial charge < -0.3 is 26.6 Å². The van der Waals surface area contributed by atoms with Crippen molar-refractivity contribution in [3.8, 4) is 0 Å². The maximum Gasteiger partial charge on any atom is 2.00 e. The van der Waals surface area contributed by atoms with Crippen LogP contribution in [0.15, 0.2) is 132 Å². The molecule has 4 atom stereocenters. The molecule has 33 heavy (non-hydrogen) atoms. The van der Waals surface area contributed by atoms with E-state index in [9.17, 15) is 0 Å². The van der Waals surface area contributed by atoms with Crippen molar-refractivity contribution in [2.24, 2.45) is 0 Å². The fourth-order valence-corrected chi connectivity index (χ4v) is 4.03. The van der Waals surface area contributed by atoms with Crippen LogP contribution in [-0.2, 0) is 19.5 Å². The predicted molar refractivity (Wildman–Crippen MR) is 133 cm³/mol. The van der Waals surface area contributed by atoms with Crippen LogP contribution >= 0.6 is 0 Å². The van der Waals surface area contributed by atoms with Gasteiger partial charge >= 0.3 is 19.5 Å². The number of nitrogens with zero attached hydrogens (tertiary/aromatic N) is 5. The first-order chi connectivity index (χ1) is 15.9. The van der Waals surface area contributed by atoms with Crippen molar-refractivity contribution in [1.29, 1.82) is 0 Å². The van der Waals surface area contributed by atoms with E-state index in [2.05, 4.69) is 76.0 Å². The summed E-state index contributed by atoms with van der Waals surface area (Å²) in [5.74, 6) is 0. The summed E-state index contributed by atoms with van der Waals surface area (Å²) in [7, 11) is 0. The molecular weight excluding hydrogens is 495 g/mol. The molecule has 0 bridgehead atoms. The van der Waals surface area contributed by atoms with Gasteiger partial charge in [-0.05, 0) is 5.57 Å². The first-order valence-electron chi connectivity index (χ1n) is 10.9. The van der Waals surface area contributed by atoms with Crippen molar-refractivity contribution in [3.63, 3.8) is 0 Å². The van der Waals surface area contributed by atoms with E-state index in [4.69, 9.17) is 5.32 Å². The molecule has 0 fully saturated rings. The molecule has 0 saturated carbocycles. The van der Waals surface area contributed by atoms with Crippen LogP contribution in [0.3, 0.4) is 0 Å². The van der Waals surface area contributed by atoms with Gasteiger partial charge in [0.25, 0.3) is 0 Å². The van der Waals surface area contributed by atoms with Crippen LogP contribution in [0, 0.1) is 0 Å². The molecule has 1 aliphatic carbocycles. The van der Waals surface area contributed by atoms with Crippen LogP contribution in [0.2, 0.25) is 0 Å². The first-order valence-corrected chi connectivity index (χ1v) is 10.9. The summed E-state index contributed by atoms with van der Waals surface area (Å²) in [6, 6.07) is 0.384. The maximum absolute atomic E-state index is 4.75. The molecule has 4 unspecified atom stereocenters. The van der Waals surface area contributed by atoms with Crippen LogP contribution in [0.4, 0.5) is 0 Å². The van der Waals surface area contributed by atoms with Gasteiger partial charge in [-0.2, -0.15) is 30.0 Å². The first kappa shape index (κ1) is 22.9. The molecule has 0 amide bonds. The van der Waals surface area contributed by atoms with E-state index in [0.717, 1.165) is 17.9 Å². The van der Waals surface area contributed by atoms with Crippen LogP contribution in [0.25, 0.3) is 26.6 Å². The minimum absolute atomic E-state index is 0. The summed E-state index contributed by atoms with van der Waals surface area (Å²) in [6.07, 6.45) is 36.2. The summed E-state index contributed by atoms with van der Waals surface area (Å²) in [5.41, 5.74) is 4.56. The van der Waals surface area contributed by atoms with Gasteiger partial charge in [0.2, 0.25) is 0 Å². The Morgan fingerprint density at radius 2 is 1.52 bits per heavy atom. The molecule has 5 nitrogen and oxygen atoms in total. The second-order valence-corrected chi connectivity index (χ2v) is 7.76. The van der Waals surface area contributed by atoms with Crippen molar-refractivity contribution < 1.29 is 19.5 Å². The molecule has 6 rings (SSSR count). The number of fused-ring (bicyclic) bond motifs is 2. The summed E-state index contributed by atoms with van der Waals surface area (Å²) >= 11 is 0. The van der Waals surface area contributed by atoms with Crippen molar-refractivity contribution in [3.05, 3.63) is 159 Å². The van der Waals surface area contributed by atoms with E-state index in [1.807, 2.05) is 55.1 Å². The monoisotopic (exact) mass is 520 g/mol. The predicted octanol–water partition coefficient (Wildman–Crippen LogP) is 6.78. The molecule has 5 aliphatic heterocycles. The van der Waals surface area contributed by atoms with E-state index >= 15 is 0 Å². The molecule has 5 heterocycles. The summed E-state index contributed by atoms with van der Waals surface area (Å²) in [6.45, 7) is 0.787. The minimum atomic E-state index is 0. The molecule has 0 aromatic rings. The van der Waals surface area contributed by atoms with Crippen LogP contribution in [-0.4, -0.2) is 30.7 Å². The van der Waals surface area contributed by atoms with Gasteiger partial charge in [0.05, 0.1) is 0 Å². The topological polar surface area (TPSA) is 70.5 Å². The largest absolute Gasteiger partial charge is 2.00 e. The quantitative estimate of drug-likeness (QED) is 0.361. The zero-order valence-corrected chi connectivity index (χ0v) is 19.7. The van der Waals surface area contributed by atoms with Gasteiger partial charge in [-0.1, -0.05) is 90.6 Å². The zero-order valence-electron chi connectivity index (χ0n) is 18.0. The van der Waals surface area contributed by atoms with Gasteiger partial charge in [0.1, 0.15) is 0 Å². The van der Waals surface area contributed by atoms with Crippen LogP contribution in [0.1, 0.15) is 0 Å². The number of rotatable bonds is 2. The Morgan fingerprint density at radius 1 is 0.697 bits per heavy atom. The molecule has 6 heteroatoms. The average molecular weight is 520 g/mol. The Kier molecular flexibility index (Phi) is 7.69. The van der Waals surface area contributed by atoms with E-state index < -0.39 is 0 Å². The van der Waals surface area contributed by atoms with E-state index in [1.165, 1.54) is 11.1 Å². The van der Waals surface area contributed by atoms with Crippen LogP contribution < -0.4 is 0 Å². The summed E-state index contributed by atoms with van der Waals surface area (Å²) in [4.78, 5) is 0. The van der Waals surface area contributed by atoms with Gasteiger partial charge in [-0.3, -0.25) is 0 Å². The molecule has 0 N–H and O–H groups in total. The summed E-state index contributed by atoms with van der Waals surface area (Å²) in [5, 5.41) is 22.5. The molecule has 0 saturated heterocycles.